The van der Waals surface area contributed by atoms with Gasteiger partial charge in [-0.3, -0.25) is 0 Å². The van der Waals surface area contributed by atoms with Gasteiger partial charge in [-0.1, -0.05) is 12.1 Å². The van der Waals surface area contributed by atoms with Crippen LogP contribution in [0.25, 0.3) is 16.8 Å². The van der Waals surface area contributed by atoms with Crippen LogP contribution in [0.1, 0.15) is 10.5 Å². The van der Waals surface area contributed by atoms with Crippen molar-refractivity contribution in [3.05, 3.63) is 48.4 Å². The molecule has 2 aromatic heterocycles. The number of hydrogen-bond donors (Lipinski definition) is 1. The van der Waals surface area contributed by atoms with Crippen molar-refractivity contribution in [2.45, 2.75) is 0 Å². The van der Waals surface area contributed by atoms with Crippen LogP contribution in [0.2, 0.25) is 0 Å². The fourth-order valence-corrected chi connectivity index (χ4v) is 1.93. The Morgan fingerprint density at radius 3 is 2.90 bits per heavy atom. The largest absolute Gasteiger partial charge is 0.497 e. The van der Waals surface area contributed by atoms with Gasteiger partial charge in [0.25, 0.3) is 0 Å². The van der Waals surface area contributed by atoms with Crippen molar-refractivity contribution in [1.82, 2.24) is 14.6 Å². The summed E-state index contributed by atoms with van der Waals surface area (Å²) >= 11 is 0. The number of hydrogen-bond acceptors (Lipinski definition) is 4. The van der Waals surface area contributed by atoms with Crippen molar-refractivity contribution in [2.24, 2.45) is 0 Å². The predicted octanol–water partition coefficient (Wildman–Crippen LogP) is 2.10. The molecule has 1 N–H and O–H groups in total. The molecule has 0 aliphatic carbocycles. The third-order valence-corrected chi connectivity index (χ3v) is 2.94. The van der Waals surface area contributed by atoms with Crippen LogP contribution in [0.15, 0.2) is 42.7 Å². The summed E-state index contributed by atoms with van der Waals surface area (Å²) in [5.74, 6) is -0.326. The zero-order valence-electron chi connectivity index (χ0n) is 10.6. The van der Waals surface area contributed by atoms with E-state index in [1.807, 2.05) is 24.3 Å². The molecular weight excluding hydrogens is 258 g/mol. The Balaban J connectivity index is 2.09. The molecule has 2 heterocycles. The lowest BCUT2D eigenvalue weighted by atomic mass is 10.1. The fraction of sp³-hybridized carbons (Fsp3) is 0.0714. The van der Waals surface area contributed by atoms with E-state index in [1.54, 1.807) is 19.5 Å². The highest BCUT2D eigenvalue weighted by Gasteiger charge is 2.10. The number of ether oxygens (including phenoxy) is 1. The van der Waals surface area contributed by atoms with Gasteiger partial charge >= 0.3 is 5.97 Å². The number of methoxy groups -OCH3 is 1. The fourth-order valence-electron chi connectivity index (χ4n) is 1.93. The molecule has 3 aromatic rings. The molecular formula is C14H11N3O3. The maximum atomic E-state index is 10.9. The summed E-state index contributed by atoms with van der Waals surface area (Å²) in [6.07, 6.45) is 3.42. The SMILES string of the molecule is COc1cccc(-c2cnc3cc(C(=O)O)nn3c2)c1. The lowest BCUT2D eigenvalue weighted by Gasteiger charge is -2.04. The van der Waals surface area contributed by atoms with Crippen molar-refractivity contribution >= 4 is 11.6 Å². The van der Waals surface area contributed by atoms with Gasteiger partial charge in [-0.2, -0.15) is 5.10 Å². The number of benzene rings is 1. The van der Waals surface area contributed by atoms with E-state index in [9.17, 15) is 4.79 Å². The van der Waals surface area contributed by atoms with Gasteiger partial charge in [0.2, 0.25) is 0 Å². The normalized spacial score (nSPS) is 10.7. The quantitative estimate of drug-likeness (QED) is 0.788. The number of rotatable bonds is 3. The van der Waals surface area contributed by atoms with Crippen molar-refractivity contribution in [2.75, 3.05) is 7.11 Å². The first-order valence-electron chi connectivity index (χ1n) is 5.90. The minimum atomic E-state index is -1.07. The number of aromatic nitrogens is 3. The van der Waals surface area contributed by atoms with E-state index in [0.29, 0.717) is 5.65 Å². The Kier molecular flexibility index (Phi) is 2.83. The molecule has 0 fully saturated rings. The van der Waals surface area contributed by atoms with Gasteiger partial charge in [-0.25, -0.2) is 14.3 Å². The summed E-state index contributed by atoms with van der Waals surface area (Å²) in [4.78, 5) is 15.1. The van der Waals surface area contributed by atoms with Crippen molar-refractivity contribution in [3.8, 4) is 16.9 Å². The van der Waals surface area contributed by atoms with Gasteiger partial charge in [0.1, 0.15) is 5.75 Å². The van der Waals surface area contributed by atoms with Crippen LogP contribution in [0.3, 0.4) is 0 Å². The second-order valence-corrected chi connectivity index (χ2v) is 4.21. The van der Waals surface area contributed by atoms with Crippen molar-refractivity contribution in [1.29, 1.82) is 0 Å². The van der Waals surface area contributed by atoms with Crippen molar-refractivity contribution in [3.63, 3.8) is 0 Å². The van der Waals surface area contributed by atoms with E-state index < -0.39 is 5.97 Å². The molecule has 20 heavy (non-hydrogen) atoms. The molecule has 0 aliphatic heterocycles. The number of aromatic carboxylic acids is 1. The Bertz CT molecular complexity index is 795. The minimum absolute atomic E-state index is 0.0275. The molecule has 100 valence electrons. The second-order valence-electron chi connectivity index (χ2n) is 4.21. The van der Waals surface area contributed by atoms with Gasteiger partial charge in [0.15, 0.2) is 11.3 Å². The van der Waals surface area contributed by atoms with Crippen LogP contribution in [0.5, 0.6) is 5.75 Å². The van der Waals surface area contributed by atoms with E-state index in [2.05, 4.69) is 10.1 Å². The smallest absolute Gasteiger partial charge is 0.356 e. The molecule has 0 atom stereocenters. The van der Waals surface area contributed by atoms with Crippen LogP contribution in [-0.4, -0.2) is 32.8 Å². The summed E-state index contributed by atoms with van der Waals surface area (Å²) in [5.41, 5.74) is 2.22. The lowest BCUT2D eigenvalue weighted by Crippen LogP contribution is -1.97. The van der Waals surface area contributed by atoms with Crippen LogP contribution in [-0.2, 0) is 0 Å². The number of fused-ring (bicyclic) bond motifs is 1. The molecule has 0 amide bonds. The molecule has 6 nitrogen and oxygen atoms in total. The molecule has 0 bridgehead atoms. The van der Waals surface area contributed by atoms with E-state index in [1.165, 1.54) is 10.6 Å². The maximum Gasteiger partial charge on any atom is 0.356 e. The Hall–Kier alpha value is -2.89. The Labute approximate surface area is 114 Å². The van der Waals surface area contributed by atoms with E-state index in [-0.39, 0.29) is 5.69 Å². The molecule has 0 radical (unpaired) electrons. The molecule has 0 unspecified atom stereocenters. The molecule has 3 rings (SSSR count). The van der Waals surface area contributed by atoms with Gasteiger partial charge in [-0.15, -0.1) is 0 Å². The summed E-state index contributed by atoms with van der Waals surface area (Å²) in [6.45, 7) is 0. The Morgan fingerprint density at radius 1 is 1.30 bits per heavy atom. The molecule has 1 aromatic carbocycles. The summed E-state index contributed by atoms with van der Waals surface area (Å²) < 4.78 is 6.64. The van der Waals surface area contributed by atoms with Crippen LogP contribution >= 0.6 is 0 Å². The van der Waals surface area contributed by atoms with Crippen LogP contribution in [0, 0.1) is 0 Å². The molecule has 0 saturated heterocycles. The highest BCUT2D eigenvalue weighted by atomic mass is 16.5. The van der Waals surface area contributed by atoms with Gasteiger partial charge in [0, 0.05) is 24.0 Å². The van der Waals surface area contributed by atoms with Gasteiger partial charge in [-0.05, 0) is 17.7 Å². The topological polar surface area (TPSA) is 76.7 Å². The zero-order valence-corrected chi connectivity index (χ0v) is 10.6. The summed E-state index contributed by atoms with van der Waals surface area (Å²) in [5, 5.41) is 12.9. The average molecular weight is 269 g/mol. The Morgan fingerprint density at radius 2 is 2.15 bits per heavy atom. The number of carbonyl (C=O) groups is 1. The molecule has 0 saturated carbocycles. The van der Waals surface area contributed by atoms with Crippen LogP contribution in [0.4, 0.5) is 0 Å². The third kappa shape index (κ3) is 2.07. The van der Waals surface area contributed by atoms with Gasteiger partial charge < -0.3 is 9.84 Å². The number of carboxylic acid groups (broad SMARTS) is 1. The predicted molar refractivity (Wildman–Crippen MR) is 71.9 cm³/mol. The molecule has 0 spiro atoms. The van der Waals surface area contributed by atoms with E-state index in [4.69, 9.17) is 9.84 Å². The van der Waals surface area contributed by atoms with Crippen LogP contribution < -0.4 is 4.74 Å². The summed E-state index contributed by atoms with van der Waals surface area (Å²) in [7, 11) is 1.60. The minimum Gasteiger partial charge on any atom is -0.497 e. The monoisotopic (exact) mass is 269 g/mol. The third-order valence-electron chi connectivity index (χ3n) is 2.94. The maximum absolute atomic E-state index is 10.9. The first-order chi connectivity index (χ1) is 9.67. The van der Waals surface area contributed by atoms with E-state index in [0.717, 1.165) is 16.9 Å². The first-order valence-corrected chi connectivity index (χ1v) is 5.90. The van der Waals surface area contributed by atoms with E-state index >= 15 is 0 Å². The first kappa shape index (κ1) is 12.2. The standard InChI is InChI=1S/C14H11N3O3/c1-20-11-4-2-3-9(5-11)10-7-15-13-6-12(14(18)19)16-17(13)8-10/h2-8H,1H3,(H,18,19). The molecule has 6 heteroatoms. The number of carboxylic acids is 1. The zero-order chi connectivity index (χ0) is 14.1. The van der Waals surface area contributed by atoms with Crippen molar-refractivity contribution < 1.29 is 14.6 Å². The average Bonchev–Trinajstić information content (AvgIpc) is 2.90. The summed E-state index contributed by atoms with van der Waals surface area (Å²) in [6, 6.07) is 8.96. The molecule has 0 aliphatic rings. The lowest BCUT2D eigenvalue weighted by molar-refractivity contribution is 0.0690. The second kappa shape index (κ2) is 4.65. The highest BCUT2D eigenvalue weighted by molar-refractivity contribution is 5.86. The number of nitrogens with zero attached hydrogens (tertiary/aromatic N) is 3. The highest BCUT2D eigenvalue weighted by Crippen LogP contribution is 2.23. The van der Waals surface area contributed by atoms with Gasteiger partial charge in [0.05, 0.1) is 7.11 Å².